The molecule has 0 aliphatic rings. The van der Waals surface area contributed by atoms with Crippen LogP contribution in [-0.4, -0.2) is 25.5 Å². The molecule has 6 nitrogen and oxygen atoms in total. The Bertz CT molecular complexity index is 545. The van der Waals surface area contributed by atoms with Crippen molar-refractivity contribution in [1.82, 2.24) is 4.72 Å². The summed E-state index contributed by atoms with van der Waals surface area (Å²) in [4.78, 5) is 0.0270. The van der Waals surface area contributed by atoms with Crippen LogP contribution in [0.4, 0.5) is 0 Å². The van der Waals surface area contributed by atoms with Gasteiger partial charge in [0.05, 0.1) is 10.9 Å². The smallest absolute Gasteiger partial charge is 0.241 e. The Morgan fingerprint density at radius 1 is 1.61 bits per heavy atom. The molecule has 0 amide bonds. The molecule has 18 heavy (non-hydrogen) atoms. The second-order valence-electron chi connectivity index (χ2n) is 3.56. The number of hydrogen-bond acceptors (Lipinski definition) is 4. The number of oxime groups is 1. The molecular weight excluding hydrogens is 278 g/mol. The Labute approximate surface area is 110 Å². The molecular formula is C10H14ClN3O3S. The first-order valence-electron chi connectivity index (χ1n) is 5.16. The van der Waals surface area contributed by atoms with Crippen molar-refractivity contribution in [3.63, 3.8) is 0 Å². The Morgan fingerprint density at radius 3 is 2.78 bits per heavy atom. The second kappa shape index (κ2) is 6.03. The summed E-state index contributed by atoms with van der Waals surface area (Å²) in [5.41, 5.74) is 5.39. The predicted octanol–water partition coefficient (Wildman–Crippen LogP) is 1.14. The standard InChI is InChI=1S/C10H14ClN3O3S/c1-2-9(10(12)13-15)14-18(16,17)8-5-3-4-7(11)6-8/h3-6,9,14-15H,2H2,1H3,(H2,12,13). The van der Waals surface area contributed by atoms with Crippen LogP contribution in [0.3, 0.4) is 0 Å². The summed E-state index contributed by atoms with van der Waals surface area (Å²) < 4.78 is 26.4. The molecule has 0 aliphatic carbocycles. The lowest BCUT2D eigenvalue weighted by molar-refractivity contribution is 0.315. The normalized spacial score (nSPS) is 14.4. The number of hydrogen-bond donors (Lipinski definition) is 3. The van der Waals surface area contributed by atoms with Crippen LogP contribution in [-0.2, 0) is 10.0 Å². The largest absolute Gasteiger partial charge is 0.409 e. The van der Waals surface area contributed by atoms with E-state index >= 15 is 0 Å². The highest BCUT2D eigenvalue weighted by molar-refractivity contribution is 7.89. The highest BCUT2D eigenvalue weighted by Crippen LogP contribution is 2.15. The maximum atomic E-state index is 12.0. The third-order valence-electron chi connectivity index (χ3n) is 2.28. The maximum Gasteiger partial charge on any atom is 0.241 e. The van der Waals surface area contributed by atoms with E-state index in [1.807, 2.05) is 0 Å². The Hall–Kier alpha value is -1.31. The minimum atomic E-state index is -3.76. The number of benzene rings is 1. The summed E-state index contributed by atoms with van der Waals surface area (Å²) in [6.45, 7) is 1.71. The van der Waals surface area contributed by atoms with E-state index in [1.54, 1.807) is 13.0 Å². The first-order chi connectivity index (χ1) is 8.40. The van der Waals surface area contributed by atoms with Crippen molar-refractivity contribution in [2.45, 2.75) is 24.3 Å². The zero-order valence-electron chi connectivity index (χ0n) is 9.67. The molecule has 0 heterocycles. The lowest BCUT2D eigenvalue weighted by Gasteiger charge is -2.15. The SMILES string of the molecule is CCC(NS(=O)(=O)c1cccc(Cl)c1)/C(N)=N/O. The van der Waals surface area contributed by atoms with Crippen molar-refractivity contribution in [2.24, 2.45) is 10.9 Å². The third kappa shape index (κ3) is 3.59. The molecule has 1 rings (SSSR count). The van der Waals surface area contributed by atoms with Gasteiger partial charge in [0.2, 0.25) is 10.0 Å². The highest BCUT2D eigenvalue weighted by atomic mass is 35.5. The number of nitrogens with one attached hydrogen (secondary N) is 1. The van der Waals surface area contributed by atoms with Crippen LogP contribution in [0, 0.1) is 0 Å². The van der Waals surface area contributed by atoms with Crippen LogP contribution >= 0.6 is 11.6 Å². The van der Waals surface area contributed by atoms with Gasteiger partial charge in [0, 0.05) is 5.02 Å². The van der Waals surface area contributed by atoms with Gasteiger partial charge in [0.15, 0.2) is 5.84 Å². The number of amidine groups is 1. The van der Waals surface area contributed by atoms with Gasteiger partial charge >= 0.3 is 0 Å². The molecule has 1 atom stereocenters. The van der Waals surface area contributed by atoms with Gasteiger partial charge < -0.3 is 10.9 Å². The molecule has 1 aromatic rings. The molecule has 0 saturated heterocycles. The van der Waals surface area contributed by atoms with Gasteiger partial charge in [-0.2, -0.15) is 0 Å². The van der Waals surface area contributed by atoms with Crippen LogP contribution < -0.4 is 10.5 Å². The molecule has 4 N–H and O–H groups in total. The third-order valence-corrected chi connectivity index (χ3v) is 3.99. The number of nitrogens with zero attached hydrogens (tertiary/aromatic N) is 1. The van der Waals surface area contributed by atoms with E-state index in [1.165, 1.54) is 18.2 Å². The van der Waals surface area contributed by atoms with Crippen molar-refractivity contribution in [2.75, 3.05) is 0 Å². The lowest BCUT2D eigenvalue weighted by Crippen LogP contribution is -2.44. The van der Waals surface area contributed by atoms with Crippen molar-refractivity contribution in [3.05, 3.63) is 29.3 Å². The average Bonchev–Trinajstić information content (AvgIpc) is 2.35. The average molecular weight is 292 g/mol. The first-order valence-corrected chi connectivity index (χ1v) is 7.02. The Kier molecular flexibility index (Phi) is 4.94. The van der Waals surface area contributed by atoms with Crippen molar-refractivity contribution in [1.29, 1.82) is 0 Å². The number of halogens is 1. The summed E-state index contributed by atoms with van der Waals surface area (Å²) in [7, 11) is -3.76. The molecule has 0 bridgehead atoms. The van der Waals surface area contributed by atoms with E-state index < -0.39 is 16.1 Å². The van der Waals surface area contributed by atoms with Gasteiger partial charge in [-0.3, -0.25) is 0 Å². The monoisotopic (exact) mass is 291 g/mol. The molecule has 0 aromatic heterocycles. The van der Waals surface area contributed by atoms with E-state index in [0.717, 1.165) is 0 Å². The van der Waals surface area contributed by atoms with Crippen molar-refractivity contribution < 1.29 is 13.6 Å². The summed E-state index contributed by atoms with van der Waals surface area (Å²) >= 11 is 5.73. The zero-order chi connectivity index (χ0) is 13.8. The summed E-state index contributed by atoms with van der Waals surface area (Å²) in [5.74, 6) is -0.192. The van der Waals surface area contributed by atoms with Gasteiger partial charge in [0.1, 0.15) is 0 Å². The van der Waals surface area contributed by atoms with E-state index in [0.29, 0.717) is 11.4 Å². The molecule has 1 unspecified atom stereocenters. The van der Waals surface area contributed by atoms with Gasteiger partial charge in [-0.25, -0.2) is 13.1 Å². The molecule has 1 aromatic carbocycles. The molecule has 0 saturated carbocycles. The minimum absolute atomic E-state index is 0.0270. The fourth-order valence-corrected chi connectivity index (χ4v) is 2.90. The van der Waals surface area contributed by atoms with E-state index in [-0.39, 0.29) is 10.7 Å². The van der Waals surface area contributed by atoms with E-state index in [2.05, 4.69) is 9.88 Å². The van der Waals surface area contributed by atoms with Gasteiger partial charge in [-0.05, 0) is 24.6 Å². The summed E-state index contributed by atoms with van der Waals surface area (Å²) in [5, 5.41) is 11.7. The molecule has 0 aliphatic heterocycles. The van der Waals surface area contributed by atoms with Gasteiger partial charge in [-0.1, -0.05) is 29.7 Å². The van der Waals surface area contributed by atoms with Crippen LogP contribution in [0.25, 0.3) is 0 Å². The predicted molar refractivity (Wildman–Crippen MR) is 69.3 cm³/mol. The maximum absolute atomic E-state index is 12.0. The van der Waals surface area contributed by atoms with Crippen LogP contribution in [0.5, 0.6) is 0 Å². The Balaban J connectivity index is 3.01. The second-order valence-corrected chi connectivity index (χ2v) is 5.71. The van der Waals surface area contributed by atoms with Gasteiger partial charge in [-0.15, -0.1) is 0 Å². The van der Waals surface area contributed by atoms with Crippen molar-refractivity contribution in [3.8, 4) is 0 Å². The van der Waals surface area contributed by atoms with Crippen molar-refractivity contribution >= 4 is 27.5 Å². The quantitative estimate of drug-likeness (QED) is 0.327. The first kappa shape index (κ1) is 14.7. The number of sulfonamides is 1. The molecule has 0 radical (unpaired) electrons. The lowest BCUT2D eigenvalue weighted by atomic mass is 10.2. The number of rotatable bonds is 5. The molecule has 8 heteroatoms. The summed E-state index contributed by atoms with van der Waals surface area (Å²) in [6.07, 6.45) is 0.357. The van der Waals surface area contributed by atoms with E-state index in [4.69, 9.17) is 22.5 Å². The fourth-order valence-electron chi connectivity index (χ4n) is 1.31. The van der Waals surface area contributed by atoms with Crippen LogP contribution in [0.2, 0.25) is 5.02 Å². The molecule has 100 valence electrons. The van der Waals surface area contributed by atoms with Gasteiger partial charge in [0.25, 0.3) is 0 Å². The molecule has 0 fully saturated rings. The highest BCUT2D eigenvalue weighted by Gasteiger charge is 2.21. The fraction of sp³-hybridized carbons (Fsp3) is 0.300. The topological polar surface area (TPSA) is 105 Å². The number of nitrogens with two attached hydrogens (primary N) is 1. The summed E-state index contributed by atoms with van der Waals surface area (Å²) in [6, 6.07) is 5.07. The minimum Gasteiger partial charge on any atom is -0.409 e. The Morgan fingerprint density at radius 2 is 2.28 bits per heavy atom. The van der Waals surface area contributed by atoms with Crippen LogP contribution in [0.15, 0.2) is 34.3 Å². The van der Waals surface area contributed by atoms with Crippen LogP contribution in [0.1, 0.15) is 13.3 Å². The van der Waals surface area contributed by atoms with E-state index in [9.17, 15) is 8.42 Å². The molecule has 0 spiro atoms. The zero-order valence-corrected chi connectivity index (χ0v) is 11.2.